The van der Waals surface area contributed by atoms with Crippen LogP contribution in [0.25, 0.3) is 0 Å². The van der Waals surface area contributed by atoms with Gasteiger partial charge in [-0.1, -0.05) is 23.2 Å². The van der Waals surface area contributed by atoms with Crippen molar-refractivity contribution >= 4 is 40.5 Å². The van der Waals surface area contributed by atoms with Gasteiger partial charge in [0, 0.05) is 17.2 Å². The first-order valence-electron chi connectivity index (χ1n) is 6.48. The lowest BCUT2D eigenvalue weighted by Gasteiger charge is -2.10. The number of nitro benzene ring substituents is 1. The Kier molecular flexibility index (Phi) is 5.58. The number of nitrogens with zero attached hydrogens (tertiary/aromatic N) is 2. The van der Waals surface area contributed by atoms with E-state index >= 15 is 0 Å². The highest BCUT2D eigenvalue weighted by atomic mass is 35.5. The third kappa shape index (κ3) is 4.59. The van der Waals surface area contributed by atoms with Gasteiger partial charge in [0.1, 0.15) is 17.9 Å². The SMILES string of the molecule is N#CCC(=O)Nc1cc(Oc2ccc(Cl)cc2Cl)cc([N+](=O)[O-])c1. The highest BCUT2D eigenvalue weighted by Crippen LogP contribution is 2.34. The Balaban J connectivity index is 2.34. The molecule has 0 aromatic heterocycles. The zero-order chi connectivity index (χ0) is 17.7. The van der Waals surface area contributed by atoms with E-state index in [1.807, 2.05) is 0 Å². The van der Waals surface area contributed by atoms with Crippen LogP contribution in [0.2, 0.25) is 10.0 Å². The van der Waals surface area contributed by atoms with Crippen LogP contribution in [0.1, 0.15) is 6.42 Å². The van der Waals surface area contributed by atoms with E-state index in [0.29, 0.717) is 5.02 Å². The minimum atomic E-state index is -0.629. The molecule has 0 fully saturated rings. The number of hydrogen-bond donors (Lipinski definition) is 1. The third-order valence-corrected chi connectivity index (χ3v) is 3.28. The number of ether oxygens (including phenoxy) is 1. The molecule has 0 unspecified atom stereocenters. The number of nitro groups is 1. The number of amides is 1. The Morgan fingerprint density at radius 1 is 1.29 bits per heavy atom. The summed E-state index contributed by atoms with van der Waals surface area (Å²) in [6, 6.07) is 9.94. The predicted octanol–water partition coefficient (Wildman–Crippen LogP) is 4.55. The molecule has 7 nitrogen and oxygen atoms in total. The molecular weight excluding hydrogens is 357 g/mol. The normalized spacial score (nSPS) is 9.88. The number of rotatable bonds is 5. The Morgan fingerprint density at radius 3 is 2.67 bits per heavy atom. The number of carbonyl (C=O) groups is 1. The van der Waals surface area contributed by atoms with E-state index in [1.165, 1.54) is 24.3 Å². The van der Waals surface area contributed by atoms with Gasteiger partial charge in [-0.15, -0.1) is 0 Å². The molecule has 0 bridgehead atoms. The fourth-order valence-corrected chi connectivity index (χ4v) is 2.23. The van der Waals surface area contributed by atoms with Crippen molar-refractivity contribution < 1.29 is 14.5 Å². The molecule has 9 heteroatoms. The van der Waals surface area contributed by atoms with Gasteiger partial charge in [-0.2, -0.15) is 5.26 Å². The fraction of sp³-hybridized carbons (Fsp3) is 0.0667. The lowest BCUT2D eigenvalue weighted by molar-refractivity contribution is -0.384. The Bertz CT molecular complexity index is 849. The molecule has 2 rings (SSSR count). The average Bonchev–Trinajstić information content (AvgIpc) is 2.50. The lowest BCUT2D eigenvalue weighted by Crippen LogP contribution is -2.10. The maximum atomic E-state index is 11.5. The van der Waals surface area contributed by atoms with Crippen LogP contribution in [-0.4, -0.2) is 10.8 Å². The van der Waals surface area contributed by atoms with Gasteiger partial charge in [-0.05, 0) is 18.2 Å². The lowest BCUT2D eigenvalue weighted by atomic mass is 10.2. The molecule has 0 spiro atoms. The molecular formula is C15H9Cl2N3O4. The second-order valence-electron chi connectivity index (χ2n) is 4.53. The van der Waals surface area contributed by atoms with Crippen molar-refractivity contribution in [2.45, 2.75) is 6.42 Å². The van der Waals surface area contributed by atoms with Gasteiger partial charge in [0.15, 0.2) is 0 Å². The number of carbonyl (C=O) groups excluding carboxylic acids is 1. The Morgan fingerprint density at radius 2 is 2.04 bits per heavy atom. The van der Waals surface area contributed by atoms with E-state index < -0.39 is 10.8 Å². The van der Waals surface area contributed by atoms with E-state index in [9.17, 15) is 14.9 Å². The molecule has 0 atom stereocenters. The van der Waals surface area contributed by atoms with Crippen molar-refractivity contribution in [1.82, 2.24) is 0 Å². The summed E-state index contributed by atoms with van der Waals surface area (Å²) >= 11 is 11.8. The highest BCUT2D eigenvalue weighted by molar-refractivity contribution is 6.35. The smallest absolute Gasteiger partial charge is 0.275 e. The molecule has 0 aliphatic carbocycles. The van der Waals surface area contributed by atoms with Crippen LogP contribution < -0.4 is 10.1 Å². The summed E-state index contributed by atoms with van der Waals surface area (Å²) < 4.78 is 5.53. The van der Waals surface area contributed by atoms with Gasteiger partial charge in [0.05, 0.1) is 27.8 Å². The quantitative estimate of drug-likeness (QED) is 0.617. The molecule has 1 N–H and O–H groups in total. The Hall–Kier alpha value is -2.82. The highest BCUT2D eigenvalue weighted by Gasteiger charge is 2.14. The molecule has 2 aromatic carbocycles. The standard InChI is InChI=1S/C15H9Cl2N3O4/c16-9-1-2-14(13(17)5-9)24-12-7-10(19-15(21)3-4-18)6-11(8-12)20(22)23/h1-2,5-8H,3H2,(H,19,21). The van der Waals surface area contributed by atoms with Crippen molar-refractivity contribution in [3.05, 3.63) is 56.6 Å². The largest absolute Gasteiger partial charge is 0.455 e. The minimum Gasteiger partial charge on any atom is -0.455 e. The van der Waals surface area contributed by atoms with E-state index in [2.05, 4.69) is 5.32 Å². The van der Waals surface area contributed by atoms with E-state index in [-0.39, 0.29) is 34.3 Å². The topological polar surface area (TPSA) is 105 Å². The van der Waals surface area contributed by atoms with Crippen LogP contribution in [-0.2, 0) is 4.79 Å². The zero-order valence-electron chi connectivity index (χ0n) is 12.0. The number of halogens is 2. The average molecular weight is 366 g/mol. The number of non-ortho nitro benzene ring substituents is 1. The Labute approximate surface area is 146 Å². The first kappa shape index (κ1) is 17.5. The van der Waals surface area contributed by atoms with Gasteiger partial charge in [0.2, 0.25) is 5.91 Å². The number of hydrogen-bond acceptors (Lipinski definition) is 5. The molecule has 2 aromatic rings. The second-order valence-corrected chi connectivity index (χ2v) is 5.38. The van der Waals surface area contributed by atoms with Gasteiger partial charge in [0.25, 0.3) is 5.69 Å². The van der Waals surface area contributed by atoms with Gasteiger partial charge < -0.3 is 10.1 Å². The van der Waals surface area contributed by atoms with Crippen molar-refractivity contribution in [3.63, 3.8) is 0 Å². The summed E-state index contributed by atoms with van der Waals surface area (Å²) in [4.78, 5) is 21.9. The predicted molar refractivity (Wildman–Crippen MR) is 88.5 cm³/mol. The molecule has 0 radical (unpaired) electrons. The van der Waals surface area contributed by atoms with E-state index in [0.717, 1.165) is 6.07 Å². The van der Waals surface area contributed by atoms with Crippen LogP contribution in [0.4, 0.5) is 11.4 Å². The molecule has 122 valence electrons. The van der Waals surface area contributed by atoms with Crippen LogP contribution in [0, 0.1) is 21.4 Å². The van der Waals surface area contributed by atoms with Gasteiger partial charge >= 0.3 is 0 Å². The van der Waals surface area contributed by atoms with Crippen LogP contribution >= 0.6 is 23.2 Å². The van der Waals surface area contributed by atoms with E-state index in [1.54, 1.807) is 12.1 Å². The third-order valence-electron chi connectivity index (χ3n) is 2.75. The molecule has 24 heavy (non-hydrogen) atoms. The molecule has 0 aliphatic rings. The van der Waals surface area contributed by atoms with Crippen molar-refractivity contribution in [2.24, 2.45) is 0 Å². The second kappa shape index (κ2) is 7.64. The number of nitrogens with one attached hydrogen (secondary N) is 1. The zero-order valence-corrected chi connectivity index (χ0v) is 13.5. The monoisotopic (exact) mass is 365 g/mol. The maximum absolute atomic E-state index is 11.5. The van der Waals surface area contributed by atoms with E-state index in [4.69, 9.17) is 33.2 Å². The summed E-state index contributed by atoms with van der Waals surface area (Å²) in [7, 11) is 0. The molecule has 0 heterocycles. The number of anilines is 1. The minimum absolute atomic E-state index is 0.0979. The molecule has 0 saturated heterocycles. The summed E-state index contributed by atoms with van der Waals surface area (Å²) in [6.45, 7) is 0. The summed E-state index contributed by atoms with van der Waals surface area (Å²) in [5.41, 5.74) is -0.158. The first-order valence-corrected chi connectivity index (χ1v) is 7.24. The maximum Gasteiger partial charge on any atom is 0.275 e. The van der Waals surface area contributed by atoms with Gasteiger partial charge in [-0.3, -0.25) is 14.9 Å². The summed E-state index contributed by atoms with van der Waals surface area (Å²) in [5.74, 6) is -0.245. The summed E-state index contributed by atoms with van der Waals surface area (Å²) in [6.07, 6.45) is -0.373. The van der Waals surface area contributed by atoms with Crippen molar-refractivity contribution in [3.8, 4) is 17.6 Å². The number of nitriles is 1. The van der Waals surface area contributed by atoms with Crippen LogP contribution in [0.5, 0.6) is 11.5 Å². The summed E-state index contributed by atoms with van der Waals surface area (Å²) in [5, 5.41) is 22.5. The first-order chi connectivity index (χ1) is 11.4. The molecule has 0 aliphatic heterocycles. The number of benzene rings is 2. The van der Waals surface area contributed by atoms with Crippen LogP contribution in [0.15, 0.2) is 36.4 Å². The van der Waals surface area contributed by atoms with Crippen molar-refractivity contribution in [1.29, 1.82) is 5.26 Å². The molecule has 1 amide bonds. The van der Waals surface area contributed by atoms with Crippen molar-refractivity contribution in [2.75, 3.05) is 5.32 Å². The molecule has 0 saturated carbocycles. The fourth-order valence-electron chi connectivity index (χ4n) is 1.78. The van der Waals surface area contributed by atoms with Gasteiger partial charge in [-0.25, -0.2) is 0 Å². The van der Waals surface area contributed by atoms with Crippen LogP contribution in [0.3, 0.4) is 0 Å².